The summed E-state index contributed by atoms with van der Waals surface area (Å²) in [5.74, 6) is 1.11. The highest BCUT2D eigenvalue weighted by Crippen LogP contribution is 2.24. The van der Waals surface area contributed by atoms with E-state index in [1.54, 1.807) is 11.2 Å². The summed E-state index contributed by atoms with van der Waals surface area (Å²) in [6, 6.07) is 12.4. The van der Waals surface area contributed by atoms with Crippen molar-refractivity contribution in [3.05, 3.63) is 53.5 Å². The van der Waals surface area contributed by atoms with Crippen LogP contribution in [0.4, 0.5) is 5.69 Å². The molecule has 2 aliphatic heterocycles. The summed E-state index contributed by atoms with van der Waals surface area (Å²) in [5, 5.41) is 7.70. The molecule has 5 heteroatoms. The maximum absolute atomic E-state index is 5.59. The Labute approximate surface area is 161 Å². The van der Waals surface area contributed by atoms with Crippen LogP contribution < -0.4 is 15.5 Å². The van der Waals surface area contributed by atoms with E-state index in [2.05, 4.69) is 48.7 Å². The Hall–Kier alpha value is -1.85. The van der Waals surface area contributed by atoms with Gasteiger partial charge >= 0.3 is 0 Å². The molecular formula is C21H28N3OS+. The van der Waals surface area contributed by atoms with Crippen molar-refractivity contribution in [3.8, 4) is 0 Å². The van der Waals surface area contributed by atoms with E-state index in [0.717, 1.165) is 23.1 Å². The summed E-state index contributed by atoms with van der Waals surface area (Å²) in [6.45, 7) is 5.25. The first-order chi connectivity index (χ1) is 12.6. The molecule has 3 N–H and O–H groups in total. The SMILES string of the molecule is Cc1ccc(NC(=S)NC2C[C@H]3CC[C@@H](C2)[NH+]3Cc2ccco2)c(C)c1. The van der Waals surface area contributed by atoms with Gasteiger partial charge in [0, 0.05) is 37.4 Å². The van der Waals surface area contributed by atoms with E-state index in [1.165, 1.54) is 36.8 Å². The molecule has 138 valence electrons. The maximum Gasteiger partial charge on any atom is 0.171 e. The van der Waals surface area contributed by atoms with E-state index in [4.69, 9.17) is 16.6 Å². The Morgan fingerprint density at radius 1 is 1.19 bits per heavy atom. The van der Waals surface area contributed by atoms with E-state index in [1.807, 2.05) is 6.07 Å². The third-order valence-corrected chi connectivity index (χ3v) is 6.19. The number of quaternary nitrogens is 1. The van der Waals surface area contributed by atoms with Crippen molar-refractivity contribution in [1.29, 1.82) is 0 Å². The second-order valence-corrected chi connectivity index (χ2v) is 8.30. The van der Waals surface area contributed by atoms with Crippen LogP contribution in [-0.2, 0) is 6.54 Å². The van der Waals surface area contributed by atoms with Gasteiger partial charge in [-0.3, -0.25) is 0 Å². The Morgan fingerprint density at radius 2 is 1.96 bits per heavy atom. The number of nitrogens with one attached hydrogen (secondary N) is 3. The van der Waals surface area contributed by atoms with Crippen LogP contribution in [0.15, 0.2) is 41.0 Å². The zero-order valence-electron chi connectivity index (χ0n) is 15.5. The lowest BCUT2D eigenvalue weighted by Gasteiger charge is -2.36. The van der Waals surface area contributed by atoms with Gasteiger partial charge in [-0.2, -0.15) is 0 Å². The normalized spacial score (nSPS) is 27.3. The number of hydrogen-bond donors (Lipinski definition) is 3. The average Bonchev–Trinajstić information content (AvgIpc) is 3.18. The molecule has 2 saturated heterocycles. The van der Waals surface area contributed by atoms with Crippen LogP contribution >= 0.6 is 12.2 Å². The summed E-state index contributed by atoms with van der Waals surface area (Å²) in [6.07, 6.45) is 6.77. The first-order valence-corrected chi connectivity index (χ1v) is 10.0. The summed E-state index contributed by atoms with van der Waals surface area (Å²) in [7, 11) is 0. The summed E-state index contributed by atoms with van der Waals surface area (Å²) in [4.78, 5) is 1.70. The van der Waals surface area contributed by atoms with Crippen molar-refractivity contribution in [2.45, 2.75) is 64.2 Å². The highest BCUT2D eigenvalue weighted by molar-refractivity contribution is 7.80. The number of thiocarbonyl (C=S) groups is 1. The molecule has 3 heterocycles. The first-order valence-electron chi connectivity index (χ1n) is 9.61. The minimum absolute atomic E-state index is 0.471. The van der Waals surface area contributed by atoms with Gasteiger partial charge in [0.1, 0.15) is 6.54 Å². The van der Waals surface area contributed by atoms with E-state index in [-0.39, 0.29) is 0 Å². The van der Waals surface area contributed by atoms with Gasteiger partial charge in [0.15, 0.2) is 10.9 Å². The molecule has 2 aromatic rings. The van der Waals surface area contributed by atoms with Gasteiger partial charge in [-0.1, -0.05) is 17.7 Å². The average molecular weight is 371 g/mol. The zero-order chi connectivity index (χ0) is 18.1. The number of piperidine rings is 1. The quantitative estimate of drug-likeness (QED) is 0.724. The summed E-state index contributed by atoms with van der Waals surface area (Å²) in [5.41, 5.74) is 3.60. The molecule has 4 nitrogen and oxygen atoms in total. The molecule has 2 fully saturated rings. The van der Waals surface area contributed by atoms with E-state index in [9.17, 15) is 0 Å². The Balaban J connectivity index is 1.33. The molecule has 0 amide bonds. The van der Waals surface area contributed by atoms with Crippen molar-refractivity contribution in [1.82, 2.24) is 5.32 Å². The van der Waals surface area contributed by atoms with Gasteiger partial charge in [0.05, 0.1) is 18.3 Å². The lowest BCUT2D eigenvalue weighted by Crippen LogP contribution is -3.17. The van der Waals surface area contributed by atoms with Crippen molar-refractivity contribution >= 4 is 23.0 Å². The molecule has 2 bridgehead atoms. The number of anilines is 1. The third kappa shape index (κ3) is 3.79. The Morgan fingerprint density at radius 3 is 2.62 bits per heavy atom. The highest BCUT2D eigenvalue weighted by Gasteiger charge is 2.44. The third-order valence-electron chi connectivity index (χ3n) is 5.97. The number of aryl methyl sites for hydroxylation is 2. The molecule has 0 spiro atoms. The molecule has 4 rings (SSSR count). The van der Waals surface area contributed by atoms with E-state index >= 15 is 0 Å². The molecule has 1 aromatic carbocycles. The van der Waals surface area contributed by atoms with Crippen molar-refractivity contribution in [2.75, 3.05) is 5.32 Å². The van der Waals surface area contributed by atoms with Gasteiger partial charge in [0.25, 0.3) is 0 Å². The molecule has 2 aliphatic rings. The first kappa shape index (κ1) is 17.6. The lowest BCUT2D eigenvalue weighted by atomic mass is 9.97. The van der Waals surface area contributed by atoms with Gasteiger partial charge in [-0.05, 0) is 49.8 Å². The fourth-order valence-electron chi connectivity index (χ4n) is 4.75. The largest absolute Gasteiger partial charge is 0.463 e. The van der Waals surface area contributed by atoms with Crippen LogP contribution in [0.2, 0.25) is 0 Å². The minimum Gasteiger partial charge on any atom is -0.463 e. The van der Waals surface area contributed by atoms with Crippen LogP contribution in [0.3, 0.4) is 0 Å². The fourth-order valence-corrected chi connectivity index (χ4v) is 5.02. The van der Waals surface area contributed by atoms with Gasteiger partial charge in [-0.15, -0.1) is 0 Å². The topological polar surface area (TPSA) is 41.6 Å². The van der Waals surface area contributed by atoms with Gasteiger partial charge in [-0.25, -0.2) is 0 Å². The number of fused-ring (bicyclic) bond motifs is 2. The monoisotopic (exact) mass is 370 g/mol. The molecule has 0 saturated carbocycles. The van der Waals surface area contributed by atoms with Crippen LogP contribution in [0, 0.1) is 13.8 Å². The summed E-state index contributed by atoms with van der Waals surface area (Å²) < 4.78 is 5.57. The predicted molar refractivity (Wildman–Crippen MR) is 108 cm³/mol. The van der Waals surface area contributed by atoms with Crippen LogP contribution in [0.1, 0.15) is 42.6 Å². The molecule has 0 aliphatic carbocycles. The number of hydrogen-bond acceptors (Lipinski definition) is 2. The number of rotatable bonds is 4. The van der Waals surface area contributed by atoms with E-state index in [0.29, 0.717) is 18.1 Å². The molecule has 2 unspecified atom stereocenters. The van der Waals surface area contributed by atoms with E-state index < -0.39 is 0 Å². The van der Waals surface area contributed by atoms with Crippen molar-refractivity contribution < 1.29 is 9.32 Å². The van der Waals surface area contributed by atoms with Crippen LogP contribution in [0.5, 0.6) is 0 Å². The number of furan rings is 1. The zero-order valence-corrected chi connectivity index (χ0v) is 16.4. The molecule has 26 heavy (non-hydrogen) atoms. The summed E-state index contributed by atoms with van der Waals surface area (Å²) >= 11 is 5.59. The Kier molecular flexibility index (Phi) is 5.00. The molecule has 1 aromatic heterocycles. The lowest BCUT2D eigenvalue weighted by molar-refractivity contribution is -0.955. The van der Waals surface area contributed by atoms with Crippen LogP contribution in [-0.4, -0.2) is 23.2 Å². The molecule has 4 atom stereocenters. The van der Waals surface area contributed by atoms with Crippen LogP contribution in [0.25, 0.3) is 0 Å². The van der Waals surface area contributed by atoms with Crippen molar-refractivity contribution in [3.63, 3.8) is 0 Å². The molecule has 0 radical (unpaired) electrons. The highest BCUT2D eigenvalue weighted by atomic mass is 32.1. The van der Waals surface area contributed by atoms with Gasteiger partial charge in [0.2, 0.25) is 0 Å². The molecular weight excluding hydrogens is 342 g/mol. The number of benzene rings is 1. The van der Waals surface area contributed by atoms with Crippen molar-refractivity contribution in [2.24, 2.45) is 0 Å². The standard InChI is InChI=1S/C21H27N3OS/c1-14-5-8-20(15(2)10-14)23-21(26)22-16-11-17-6-7-18(12-16)24(17)13-19-4-3-9-25-19/h3-5,8-10,16-18H,6-7,11-13H2,1-2H3,(H2,22,23,26)/p+1/t16?,17-,18+. The fraction of sp³-hybridized carbons (Fsp3) is 0.476. The maximum atomic E-state index is 5.59. The smallest absolute Gasteiger partial charge is 0.171 e. The minimum atomic E-state index is 0.471. The predicted octanol–water partition coefficient (Wildman–Crippen LogP) is 2.96. The second-order valence-electron chi connectivity index (χ2n) is 7.89. The second kappa shape index (κ2) is 7.41. The Bertz CT molecular complexity index is 760. The van der Waals surface area contributed by atoms with Gasteiger partial charge < -0.3 is 20.0 Å².